The van der Waals surface area contributed by atoms with Gasteiger partial charge in [0, 0.05) is 13.1 Å². The predicted octanol–water partition coefficient (Wildman–Crippen LogP) is 3.97. The molecule has 1 fully saturated rings. The molecule has 6 heteroatoms. The summed E-state index contributed by atoms with van der Waals surface area (Å²) < 4.78 is 27.3. The summed E-state index contributed by atoms with van der Waals surface area (Å²) in [6.07, 6.45) is 2.17. The molecular weight excluding hydrogens is 384 g/mol. The van der Waals surface area contributed by atoms with Gasteiger partial charge in [-0.3, -0.25) is 4.79 Å². The lowest BCUT2D eigenvalue weighted by molar-refractivity contribution is -0.126. The van der Waals surface area contributed by atoms with Crippen molar-refractivity contribution in [2.75, 3.05) is 13.1 Å². The van der Waals surface area contributed by atoms with Crippen molar-refractivity contribution in [1.29, 1.82) is 0 Å². The molecule has 2 unspecified atom stereocenters. The van der Waals surface area contributed by atoms with Crippen LogP contribution in [-0.2, 0) is 14.8 Å². The minimum absolute atomic E-state index is 0.0666. The van der Waals surface area contributed by atoms with E-state index in [1.807, 2.05) is 6.92 Å². The van der Waals surface area contributed by atoms with Gasteiger partial charge in [-0.05, 0) is 61.9 Å². The van der Waals surface area contributed by atoms with Crippen molar-refractivity contribution in [2.24, 2.45) is 5.92 Å². The third-order valence-corrected chi connectivity index (χ3v) is 7.67. The van der Waals surface area contributed by atoms with Gasteiger partial charge in [0.1, 0.15) is 0 Å². The van der Waals surface area contributed by atoms with E-state index in [1.54, 1.807) is 30.3 Å². The second-order valence-electron chi connectivity index (χ2n) is 7.83. The number of carbonyl (C=O) groups excluding carboxylic acids is 1. The maximum Gasteiger partial charge on any atom is 0.243 e. The van der Waals surface area contributed by atoms with Crippen LogP contribution in [0.2, 0.25) is 0 Å². The summed E-state index contributed by atoms with van der Waals surface area (Å²) in [5.41, 5.74) is 3.52. The highest BCUT2D eigenvalue weighted by Crippen LogP contribution is 2.26. The number of hydrogen-bond acceptors (Lipinski definition) is 3. The second-order valence-corrected chi connectivity index (χ2v) is 9.77. The first-order chi connectivity index (χ1) is 13.8. The molecule has 0 bridgehead atoms. The highest BCUT2D eigenvalue weighted by atomic mass is 32.2. The molecule has 0 spiro atoms. The van der Waals surface area contributed by atoms with E-state index in [0.29, 0.717) is 19.4 Å². The Balaban J connectivity index is 1.71. The van der Waals surface area contributed by atoms with E-state index in [4.69, 9.17) is 0 Å². The lowest BCUT2D eigenvalue weighted by Gasteiger charge is -2.32. The largest absolute Gasteiger partial charge is 0.349 e. The van der Waals surface area contributed by atoms with Gasteiger partial charge in [-0.2, -0.15) is 4.31 Å². The van der Waals surface area contributed by atoms with Crippen LogP contribution in [0.1, 0.15) is 48.9 Å². The Morgan fingerprint density at radius 3 is 2.52 bits per heavy atom. The monoisotopic (exact) mass is 414 g/mol. The highest BCUT2D eigenvalue weighted by molar-refractivity contribution is 7.89. The maximum atomic E-state index is 13.0. The van der Waals surface area contributed by atoms with Crippen molar-refractivity contribution in [3.8, 4) is 0 Å². The smallest absolute Gasteiger partial charge is 0.243 e. The van der Waals surface area contributed by atoms with Crippen molar-refractivity contribution >= 4 is 15.9 Å². The van der Waals surface area contributed by atoms with Gasteiger partial charge in [0.15, 0.2) is 0 Å². The molecule has 0 aliphatic carbocycles. The fraction of sp³-hybridized carbons (Fsp3) is 0.435. The van der Waals surface area contributed by atoms with Crippen molar-refractivity contribution < 1.29 is 13.2 Å². The van der Waals surface area contributed by atoms with E-state index in [9.17, 15) is 13.2 Å². The molecule has 1 aliphatic heterocycles. The number of aryl methyl sites for hydroxylation is 2. The Morgan fingerprint density at radius 2 is 1.86 bits per heavy atom. The minimum atomic E-state index is -3.57. The molecule has 29 heavy (non-hydrogen) atoms. The predicted molar refractivity (Wildman–Crippen MR) is 115 cm³/mol. The third kappa shape index (κ3) is 4.87. The number of carbonyl (C=O) groups is 1. The van der Waals surface area contributed by atoms with Crippen LogP contribution in [0.15, 0.2) is 53.4 Å². The van der Waals surface area contributed by atoms with Gasteiger partial charge in [-0.1, -0.05) is 43.3 Å². The van der Waals surface area contributed by atoms with Crippen molar-refractivity contribution in [3.63, 3.8) is 0 Å². The average Bonchev–Trinajstić information content (AvgIpc) is 2.74. The fourth-order valence-corrected chi connectivity index (χ4v) is 5.35. The summed E-state index contributed by atoms with van der Waals surface area (Å²) in [5.74, 6) is -0.397. The Labute approximate surface area is 174 Å². The minimum Gasteiger partial charge on any atom is -0.349 e. The zero-order valence-electron chi connectivity index (χ0n) is 17.4. The van der Waals surface area contributed by atoms with Crippen LogP contribution in [0.4, 0.5) is 0 Å². The van der Waals surface area contributed by atoms with Crippen LogP contribution in [0.3, 0.4) is 0 Å². The van der Waals surface area contributed by atoms with Crippen LogP contribution in [0.25, 0.3) is 0 Å². The van der Waals surface area contributed by atoms with Crippen LogP contribution in [-0.4, -0.2) is 31.7 Å². The van der Waals surface area contributed by atoms with Crippen LogP contribution in [0.5, 0.6) is 0 Å². The molecule has 2 aromatic carbocycles. The maximum absolute atomic E-state index is 13.0. The first-order valence-electron chi connectivity index (χ1n) is 10.3. The summed E-state index contributed by atoms with van der Waals surface area (Å²) >= 11 is 0. The molecule has 2 atom stereocenters. The molecule has 5 nitrogen and oxygen atoms in total. The second kappa shape index (κ2) is 9.09. The molecule has 3 rings (SSSR count). The van der Waals surface area contributed by atoms with Gasteiger partial charge < -0.3 is 5.32 Å². The van der Waals surface area contributed by atoms with Gasteiger partial charge in [0.2, 0.25) is 15.9 Å². The average molecular weight is 415 g/mol. The molecule has 0 saturated carbocycles. The summed E-state index contributed by atoms with van der Waals surface area (Å²) in [5, 5.41) is 3.15. The lowest BCUT2D eigenvalue weighted by atomic mass is 9.96. The van der Waals surface area contributed by atoms with Gasteiger partial charge in [0.25, 0.3) is 0 Å². The molecule has 1 N–H and O–H groups in total. The summed E-state index contributed by atoms with van der Waals surface area (Å²) in [7, 11) is -3.57. The van der Waals surface area contributed by atoms with E-state index in [2.05, 4.69) is 37.4 Å². The normalized spacial score (nSPS) is 18.9. The van der Waals surface area contributed by atoms with Crippen molar-refractivity contribution in [2.45, 2.75) is 51.0 Å². The number of hydrogen-bond donors (Lipinski definition) is 1. The topological polar surface area (TPSA) is 66.5 Å². The number of nitrogens with zero attached hydrogens (tertiary/aromatic N) is 1. The third-order valence-electron chi connectivity index (χ3n) is 5.79. The standard InChI is InChI=1S/C23H30N2O3S/c1-4-22(19-13-12-17(2)18(3)15-19)24-23(26)20-9-8-14-25(16-20)29(27,28)21-10-6-5-7-11-21/h5-7,10-13,15,20,22H,4,8-9,14,16H2,1-3H3,(H,24,26). The molecule has 1 aliphatic rings. The number of piperidine rings is 1. The Hall–Kier alpha value is -2.18. The number of amides is 1. The van der Waals surface area contributed by atoms with Gasteiger partial charge >= 0.3 is 0 Å². The van der Waals surface area contributed by atoms with E-state index in [1.165, 1.54) is 15.4 Å². The fourth-order valence-electron chi connectivity index (χ4n) is 3.81. The number of benzene rings is 2. The zero-order chi connectivity index (χ0) is 21.0. The summed E-state index contributed by atoms with van der Waals surface area (Å²) in [4.78, 5) is 13.2. The Morgan fingerprint density at radius 1 is 1.14 bits per heavy atom. The lowest BCUT2D eigenvalue weighted by Crippen LogP contribution is -2.46. The molecular formula is C23H30N2O3S. The molecule has 1 heterocycles. The molecule has 0 aromatic heterocycles. The van der Waals surface area contributed by atoms with E-state index >= 15 is 0 Å². The molecule has 0 radical (unpaired) electrons. The Bertz CT molecular complexity index is 957. The van der Waals surface area contributed by atoms with E-state index in [-0.39, 0.29) is 29.3 Å². The summed E-state index contributed by atoms with van der Waals surface area (Å²) in [6.45, 7) is 6.87. The highest BCUT2D eigenvalue weighted by Gasteiger charge is 2.33. The SMILES string of the molecule is CCC(NC(=O)C1CCCN(S(=O)(=O)c2ccccc2)C1)c1ccc(C)c(C)c1. The molecule has 2 aromatic rings. The molecule has 1 saturated heterocycles. The van der Waals surface area contributed by atoms with Crippen molar-refractivity contribution in [3.05, 3.63) is 65.2 Å². The first kappa shape index (κ1) is 21.5. The molecule has 156 valence electrons. The number of rotatable bonds is 6. The molecule has 1 amide bonds. The number of nitrogens with one attached hydrogen (secondary N) is 1. The van der Waals surface area contributed by atoms with Gasteiger partial charge in [0.05, 0.1) is 16.9 Å². The van der Waals surface area contributed by atoms with Crippen molar-refractivity contribution in [1.82, 2.24) is 9.62 Å². The number of sulfonamides is 1. The summed E-state index contributed by atoms with van der Waals surface area (Å²) in [6, 6.07) is 14.6. The first-order valence-corrected chi connectivity index (χ1v) is 11.7. The van der Waals surface area contributed by atoms with E-state index < -0.39 is 10.0 Å². The van der Waals surface area contributed by atoms with Crippen LogP contribution in [0, 0.1) is 19.8 Å². The van der Waals surface area contributed by atoms with Gasteiger partial charge in [-0.15, -0.1) is 0 Å². The van der Waals surface area contributed by atoms with Crippen LogP contribution < -0.4 is 5.32 Å². The zero-order valence-corrected chi connectivity index (χ0v) is 18.2. The Kier molecular flexibility index (Phi) is 6.75. The van der Waals surface area contributed by atoms with E-state index in [0.717, 1.165) is 12.0 Å². The quantitative estimate of drug-likeness (QED) is 0.778. The van der Waals surface area contributed by atoms with Crippen LogP contribution >= 0.6 is 0 Å². The van der Waals surface area contributed by atoms with Gasteiger partial charge in [-0.25, -0.2) is 8.42 Å².